The van der Waals surface area contributed by atoms with Crippen LogP contribution in [-0.2, 0) is 22.1 Å². The van der Waals surface area contributed by atoms with Crippen LogP contribution in [0.5, 0.6) is 0 Å². The van der Waals surface area contributed by atoms with Crippen LogP contribution in [0.15, 0.2) is 109 Å². The number of aromatic nitrogens is 2. The molecule has 6 nitrogen and oxygen atoms in total. The number of carbonyl (C=O) groups is 2. The van der Waals surface area contributed by atoms with Crippen molar-refractivity contribution in [2.75, 3.05) is 6.61 Å². The first kappa shape index (κ1) is 30.6. The largest absolute Gasteiger partial charge is 0.464 e. The number of ether oxygens (including phenoxy) is 1. The fourth-order valence-corrected chi connectivity index (χ4v) is 4.81. The first-order chi connectivity index (χ1) is 21.1. The van der Waals surface area contributed by atoms with E-state index in [1.54, 1.807) is 31.2 Å². The molecular formula is C34H27ClF3N3O3. The molecule has 0 bridgehead atoms. The van der Waals surface area contributed by atoms with E-state index in [1.165, 1.54) is 18.2 Å². The van der Waals surface area contributed by atoms with Gasteiger partial charge in [0.05, 0.1) is 23.6 Å². The number of alkyl halides is 3. The van der Waals surface area contributed by atoms with E-state index in [1.807, 2.05) is 54.6 Å². The van der Waals surface area contributed by atoms with Crippen LogP contribution in [0.1, 0.15) is 28.5 Å². The molecule has 5 rings (SSSR count). The van der Waals surface area contributed by atoms with Crippen molar-refractivity contribution < 1.29 is 27.5 Å². The maximum atomic E-state index is 13.7. The van der Waals surface area contributed by atoms with Gasteiger partial charge in [-0.3, -0.25) is 4.79 Å². The van der Waals surface area contributed by atoms with Crippen molar-refractivity contribution in [1.29, 1.82) is 0 Å². The molecule has 0 fully saturated rings. The second-order valence-corrected chi connectivity index (χ2v) is 10.4. The molecule has 1 aromatic heterocycles. The fraction of sp³-hybridized carbons (Fsp3) is 0.147. The zero-order chi connectivity index (χ0) is 31.3. The van der Waals surface area contributed by atoms with Gasteiger partial charge in [-0.2, -0.15) is 18.3 Å². The molecule has 0 aliphatic carbocycles. The molecule has 0 aliphatic heterocycles. The molecule has 0 spiro atoms. The monoisotopic (exact) mass is 617 g/mol. The molecular weight excluding hydrogens is 591 g/mol. The minimum Gasteiger partial charge on any atom is -0.464 e. The lowest BCUT2D eigenvalue weighted by Gasteiger charge is -2.18. The molecule has 0 aliphatic rings. The number of benzene rings is 4. The topological polar surface area (TPSA) is 73.2 Å². The summed E-state index contributed by atoms with van der Waals surface area (Å²) in [4.78, 5) is 26.6. The Morgan fingerprint density at radius 2 is 1.52 bits per heavy atom. The maximum absolute atomic E-state index is 13.7. The number of esters is 1. The van der Waals surface area contributed by atoms with Crippen LogP contribution in [0.2, 0.25) is 5.02 Å². The molecule has 10 heteroatoms. The number of halogens is 4. The Morgan fingerprint density at radius 1 is 0.864 bits per heavy atom. The van der Waals surface area contributed by atoms with Gasteiger partial charge in [-0.1, -0.05) is 84.4 Å². The lowest BCUT2D eigenvalue weighted by Crippen LogP contribution is -2.44. The van der Waals surface area contributed by atoms with Gasteiger partial charge in [-0.05, 0) is 60.0 Å². The van der Waals surface area contributed by atoms with E-state index in [4.69, 9.17) is 16.3 Å². The second-order valence-electron chi connectivity index (χ2n) is 9.93. The SMILES string of the molecule is CCOC(=O)C(Cc1ccc(Cl)cc1)NC(=O)c1cc(-c2ccc(-c3ccccc3)cc2)nn1-c1cccc(C(F)(F)F)c1. The van der Waals surface area contributed by atoms with E-state index in [9.17, 15) is 22.8 Å². The van der Waals surface area contributed by atoms with Crippen molar-refractivity contribution in [2.45, 2.75) is 25.6 Å². The van der Waals surface area contributed by atoms with Crippen molar-refractivity contribution in [3.8, 4) is 28.1 Å². The Balaban J connectivity index is 1.52. The number of hydrogen-bond acceptors (Lipinski definition) is 4. The second kappa shape index (κ2) is 13.2. The van der Waals surface area contributed by atoms with E-state index in [-0.39, 0.29) is 24.4 Å². The number of nitrogens with one attached hydrogen (secondary N) is 1. The summed E-state index contributed by atoms with van der Waals surface area (Å²) in [5.74, 6) is -1.37. The predicted molar refractivity (Wildman–Crippen MR) is 162 cm³/mol. The molecule has 1 N–H and O–H groups in total. The summed E-state index contributed by atoms with van der Waals surface area (Å²) in [5.41, 5.74) is 2.78. The van der Waals surface area contributed by atoms with Gasteiger partial charge in [0.15, 0.2) is 0 Å². The number of carbonyl (C=O) groups excluding carboxylic acids is 2. The van der Waals surface area contributed by atoms with Crippen LogP contribution in [0.3, 0.4) is 0 Å². The zero-order valence-electron chi connectivity index (χ0n) is 23.5. The summed E-state index contributed by atoms with van der Waals surface area (Å²) >= 11 is 5.99. The normalized spacial score (nSPS) is 12.0. The van der Waals surface area contributed by atoms with Crippen molar-refractivity contribution in [1.82, 2.24) is 15.1 Å². The Hall–Kier alpha value is -4.89. The van der Waals surface area contributed by atoms with Crippen molar-refractivity contribution in [3.63, 3.8) is 0 Å². The first-order valence-corrected chi connectivity index (χ1v) is 14.2. The highest BCUT2D eigenvalue weighted by molar-refractivity contribution is 6.30. The van der Waals surface area contributed by atoms with E-state index in [2.05, 4.69) is 10.4 Å². The van der Waals surface area contributed by atoms with E-state index in [0.29, 0.717) is 16.3 Å². The highest BCUT2D eigenvalue weighted by Crippen LogP contribution is 2.31. The van der Waals surface area contributed by atoms with Crippen LogP contribution in [-0.4, -0.2) is 34.3 Å². The van der Waals surface area contributed by atoms with Gasteiger partial charge in [0.25, 0.3) is 5.91 Å². The van der Waals surface area contributed by atoms with Crippen molar-refractivity contribution >= 4 is 23.5 Å². The molecule has 1 atom stereocenters. The average Bonchev–Trinajstić information content (AvgIpc) is 3.48. The molecule has 1 heterocycles. The predicted octanol–water partition coefficient (Wildman–Crippen LogP) is 7.78. The minimum absolute atomic E-state index is 0.0301. The Kier molecular flexibility index (Phi) is 9.15. The summed E-state index contributed by atoms with van der Waals surface area (Å²) in [6.45, 7) is 1.74. The highest BCUT2D eigenvalue weighted by Gasteiger charge is 2.31. The molecule has 1 amide bonds. The molecule has 0 saturated carbocycles. The Labute approximate surface area is 257 Å². The molecule has 0 radical (unpaired) electrons. The van der Waals surface area contributed by atoms with Gasteiger partial charge in [0, 0.05) is 17.0 Å². The van der Waals surface area contributed by atoms with Crippen LogP contribution in [0.25, 0.3) is 28.1 Å². The fourth-order valence-electron chi connectivity index (χ4n) is 4.68. The van der Waals surface area contributed by atoms with E-state index < -0.39 is 29.7 Å². The van der Waals surface area contributed by atoms with E-state index in [0.717, 1.165) is 33.5 Å². The van der Waals surface area contributed by atoms with E-state index >= 15 is 0 Å². The lowest BCUT2D eigenvalue weighted by atomic mass is 10.0. The zero-order valence-corrected chi connectivity index (χ0v) is 24.3. The van der Waals surface area contributed by atoms with Gasteiger partial charge in [0.1, 0.15) is 11.7 Å². The molecule has 44 heavy (non-hydrogen) atoms. The summed E-state index contributed by atoms with van der Waals surface area (Å²) in [6, 6.07) is 28.9. The summed E-state index contributed by atoms with van der Waals surface area (Å²) in [5, 5.41) is 7.75. The molecule has 224 valence electrons. The maximum Gasteiger partial charge on any atom is 0.416 e. The Morgan fingerprint density at radius 3 is 2.18 bits per heavy atom. The smallest absolute Gasteiger partial charge is 0.416 e. The quantitative estimate of drug-likeness (QED) is 0.171. The summed E-state index contributed by atoms with van der Waals surface area (Å²) in [7, 11) is 0. The third-order valence-electron chi connectivity index (χ3n) is 6.88. The molecule has 5 aromatic rings. The van der Waals surface area contributed by atoms with Crippen molar-refractivity contribution in [3.05, 3.63) is 131 Å². The van der Waals surface area contributed by atoms with Crippen LogP contribution in [0, 0.1) is 0 Å². The number of amides is 1. The van der Waals surface area contributed by atoms with Gasteiger partial charge in [-0.15, -0.1) is 0 Å². The molecule has 4 aromatic carbocycles. The number of hydrogen-bond donors (Lipinski definition) is 1. The molecule has 0 saturated heterocycles. The number of rotatable bonds is 9. The van der Waals surface area contributed by atoms with Gasteiger partial charge in [-0.25, -0.2) is 9.48 Å². The molecule has 1 unspecified atom stereocenters. The minimum atomic E-state index is -4.60. The van der Waals surface area contributed by atoms with Crippen LogP contribution >= 0.6 is 11.6 Å². The first-order valence-electron chi connectivity index (χ1n) is 13.8. The van der Waals surface area contributed by atoms with Crippen LogP contribution < -0.4 is 5.32 Å². The standard InChI is InChI=1S/C34H27ClF3N3O3/c1-2-44-33(43)30(19-22-11-17-27(35)18-12-22)39-32(42)31-21-29(25-15-13-24(14-16-25)23-7-4-3-5-8-23)40-41(31)28-10-6-9-26(20-28)34(36,37)38/h3-18,20-21,30H,2,19H2,1H3,(H,39,42). The van der Waals surface area contributed by atoms with Gasteiger partial charge >= 0.3 is 12.1 Å². The number of nitrogens with zero attached hydrogens (tertiary/aromatic N) is 2. The third kappa shape index (κ3) is 7.18. The summed E-state index contributed by atoms with van der Waals surface area (Å²) < 4.78 is 47.1. The van der Waals surface area contributed by atoms with Crippen molar-refractivity contribution in [2.24, 2.45) is 0 Å². The third-order valence-corrected chi connectivity index (χ3v) is 7.13. The average molecular weight is 618 g/mol. The van der Waals surface area contributed by atoms with Crippen LogP contribution in [0.4, 0.5) is 13.2 Å². The summed E-state index contributed by atoms with van der Waals surface area (Å²) in [6.07, 6.45) is -4.50. The van der Waals surface area contributed by atoms with Gasteiger partial charge < -0.3 is 10.1 Å². The lowest BCUT2D eigenvalue weighted by molar-refractivity contribution is -0.145. The highest BCUT2D eigenvalue weighted by atomic mass is 35.5. The Bertz CT molecular complexity index is 1750. The van der Waals surface area contributed by atoms with Gasteiger partial charge in [0.2, 0.25) is 0 Å².